The van der Waals surface area contributed by atoms with E-state index < -0.39 is 29.9 Å². The predicted molar refractivity (Wildman–Crippen MR) is 97.3 cm³/mol. The third-order valence-electron chi connectivity index (χ3n) is 4.40. The molecule has 0 bridgehead atoms. The summed E-state index contributed by atoms with van der Waals surface area (Å²) in [6.45, 7) is 1.33. The monoisotopic (exact) mass is 389 g/mol. The lowest BCUT2D eigenvalue weighted by Gasteiger charge is -2.22. The zero-order valence-electron chi connectivity index (χ0n) is 14.5. The van der Waals surface area contributed by atoms with Crippen LogP contribution in [0.4, 0.5) is 9.18 Å². The predicted octanol–water partition coefficient (Wildman–Crippen LogP) is 2.56. The highest BCUT2D eigenvalue weighted by molar-refractivity contribution is 6.30. The average molecular weight is 390 g/mol. The molecule has 0 saturated carbocycles. The second-order valence-electron chi connectivity index (χ2n) is 6.36. The molecule has 0 radical (unpaired) electrons. The van der Waals surface area contributed by atoms with Gasteiger partial charge in [0.15, 0.2) is 0 Å². The van der Waals surface area contributed by atoms with Crippen LogP contribution in [0, 0.1) is 5.82 Å². The fraction of sp³-hybridized carbons (Fsp3) is 0.211. The first-order chi connectivity index (χ1) is 12.8. The number of benzene rings is 2. The van der Waals surface area contributed by atoms with Crippen molar-refractivity contribution < 1.29 is 18.8 Å². The molecule has 2 N–H and O–H groups in total. The van der Waals surface area contributed by atoms with Crippen LogP contribution >= 0.6 is 11.6 Å². The summed E-state index contributed by atoms with van der Waals surface area (Å²) in [7, 11) is 0. The molecular formula is C19H17ClFN3O3. The standard InChI is InChI=1S/C19H17ClFN3O3/c1-19(13-4-6-14(20)7-5-13)17(26)24(18(27)23-19)11-16(25)22-10-12-2-8-15(21)9-3-12/h2-9H,10-11H2,1H3,(H,22,25)(H,23,27)/t19-/m0/s1. The highest BCUT2D eigenvalue weighted by Crippen LogP contribution is 2.29. The van der Waals surface area contributed by atoms with Gasteiger partial charge in [0.1, 0.15) is 17.9 Å². The first-order valence-corrected chi connectivity index (χ1v) is 8.59. The van der Waals surface area contributed by atoms with Gasteiger partial charge in [-0.3, -0.25) is 14.5 Å². The fourth-order valence-electron chi connectivity index (χ4n) is 2.82. The summed E-state index contributed by atoms with van der Waals surface area (Å²) < 4.78 is 12.9. The van der Waals surface area contributed by atoms with Gasteiger partial charge in [-0.05, 0) is 42.3 Å². The third kappa shape index (κ3) is 3.93. The van der Waals surface area contributed by atoms with Gasteiger partial charge in [-0.2, -0.15) is 0 Å². The topological polar surface area (TPSA) is 78.5 Å². The minimum Gasteiger partial charge on any atom is -0.350 e. The molecule has 4 amide bonds. The average Bonchev–Trinajstić information content (AvgIpc) is 2.86. The largest absolute Gasteiger partial charge is 0.350 e. The number of imide groups is 1. The van der Waals surface area contributed by atoms with Gasteiger partial charge in [0.25, 0.3) is 5.91 Å². The van der Waals surface area contributed by atoms with Gasteiger partial charge < -0.3 is 10.6 Å². The lowest BCUT2D eigenvalue weighted by atomic mass is 9.92. The smallest absolute Gasteiger partial charge is 0.325 e. The van der Waals surface area contributed by atoms with E-state index in [0.29, 0.717) is 16.1 Å². The molecule has 1 heterocycles. The van der Waals surface area contributed by atoms with Gasteiger partial charge in [-0.25, -0.2) is 9.18 Å². The zero-order valence-corrected chi connectivity index (χ0v) is 15.2. The molecule has 1 fully saturated rings. The molecule has 0 unspecified atom stereocenters. The maximum absolute atomic E-state index is 12.9. The number of hydrogen-bond donors (Lipinski definition) is 2. The van der Waals surface area contributed by atoms with Crippen molar-refractivity contribution in [1.29, 1.82) is 0 Å². The van der Waals surface area contributed by atoms with Gasteiger partial charge in [-0.1, -0.05) is 35.9 Å². The molecule has 3 rings (SSSR count). The molecule has 2 aromatic carbocycles. The number of hydrogen-bond acceptors (Lipinski definition) is 3. The summed E-state index contributed by atoms with van der Waals surface area (Å²) in [6, 6.07) is 11.6. The first kappa shape index (κ1) is 18.8. The van der Waals surface area contributed by atoms with E-state index in [1.54, 1.807) is 43.3 Å². The molecule has 27 heavy (non-hydrogen) atoms. The number of rotatable bonds is 5. The number of amides is 4. The van der Waals surface area contributed by atoms with Crippen molar-refractivity contribution in [2.24, 2.45) is 0 Å². The Morgan fingerprint density at radius 3 is 2.41 bits per heavy atom. The number of nitrogens with one attached hydrogen (secondary N) is 2. The number of carbonyl (C=O) groups is 3. The lowest BCUT2D eigenvalue weighted by Crippen LogP contribution is -2.43. The van der Waals surface area contributed by atoms with Gasteiger partial charge in [-0.15, -0.1) is 0 Å². The van der Waals surface area contributed by atoms with Crippen LogP contribution in [0.5, 0.6) is 0 Å². The molecule has 0 aliphatic carbocycles. The molecule has 140 valence electrons. The first-order valence-electron chi connectivity index (χ1n) is 8.21. The second-order valence-corrected chi connectivity index (χ2v) is 6.79. The van der Waals surface area contributed by atoms with Crippen molar-refractivity contribution in [1.82, 2.24) is 15.5 Å². The Bertz CT molecular complexity index is 886. The maximum Gasteiger partial charge on any atom is 0.325 e. The molecule has 1 aliphatic heterocycles. The summed E-state index contributed by atoms with van der Waals surface area (Å²) in [4.78, 5) is 38.0. The van der Waals surface area contributed by atoms with Crippen LogP contribution < -0.4 is 10.6 Å². The summed E-state index contributed by atoms with van der Waals surface area (Å²) in [6.07, 6.45) is 0. The Morgan fingerprint density at radius 2 is 1.78 bits per heavy atom. The highest BCUT2D eigenvalue weighted by Gasteiger charge is 2.49. The number of urea groups is 1. The van der Waals surface area contributed by atoms with Crippen molar-refractivity contribution in [3.8, 4) is 0 Å². The summed E-state index contributed by atoms with van der Waals surface area (Å²) in [5.41, 5.74) is 0.00579. The minimum absolute atomic E-state index is 0.164. The van der Waals surface area contributed by atoms with E-state index in [4.69, 9.17) is 11.6 Å². The van der Waals surface area contributed by atoms with Crippen LogP contribution in [0.15, 0.2) is 48.5 Å². The molecule has 1 aliphatic rings. The molecular weight excluding hydrogens is 373 g/mol. The number of nitrogens with zero attached hydrogens (tertiary/aromatic N) is 1. The van der Waals surface area contributed by atoms with Crippen LogP contribution in [0.2, 0.25) is 5.02 Å². The van der Waals surface area contributed by atoms with E-state index in [0.717, 1.165) is 4.90 Å². The van der Waals surface area contributed by atoms with Crippen LogP contribution in [0.1, 0.15) is 18.1 Å². The van der Waals surface area contributed by atoms with Gasteiger partial charge >= 0.3 is 6.03 Å². The maximum atomic E-state index is 12.9. The number of halogens is 2. The normalized spacial score (nSPS) is 19.1. The van der Waals surface area contributed by atoms with E-state index in [9.17, 15) is 18.8 Å². The Balaban J connectivity index is 1.65. The van der Waals surface area contributed by atoms with Crippen LogP contribution in [-0.2, 0) is 21.7 Å². The van der Waals surface area contributed by atoms with E-state index in [2.05, 4.69) is 10.6 Å². The Morgan fingerprint density at radius 1 is 1.15 bits per heavy atom. The third-order valence-corrected chi connectivity index (χ3v) is 4.65. The van der Waals surface area contributed by atoms with Crippen molar-refractivity contribution in [3.63, 3.8) is 0 Å². The van der Waals surface area contributed by atoms with Crippen LogP contribution in [-0.4, -0.2) is 29.3 Å². The van der Waals surface area contributed by atoms with E-state index in [-0.39, 0.29) is 12.4 Å². The minimum atomic E-state index is -1.26. The highest BCUT2D eigenvalue weighted by atomic mass is 35.5. The number of carbonyl (C=O) groups excluding carboxylic acids is 3. The van der Waals surface area contributed by atoms with E-state index in [1.807, 2.05) is 0 Å². The van der Waals surface area contributed by atoms with Crippen molar-refractivity contribution >= 4 is 29.4 Å². The molecule has 2 aromatic rings. The molecule has 0 aromatic heterocycles. The van der Waals surface area contributed by atoms with Crippen LogP contribution in [0.3, 0.4) is 0 Å². The van der Waals surface area contributed by atoms with Crippen molar-refractivity contribution in [2.75, 3.05) is 6.54 Å². The molecule has 0 spiro atoms. The van der Waals surface area contributed by atoms with Crippen molar-refractivity contribution in [3.05, 3.63) is 70.5 Å². The molecule has 6 nitrogen and oxygen atoms in total. The lowest BCUT2D eigenvalue weighted by molar-refractivity contribution is -0.134. The second kappa shape index (κ2) is 7.36. The van der Waals surface area contributed by atoms with Gasteiger partial charge in [0.05, 0.1) is 0 Å². The van der Waals surface area contributed by atoms with E-state index in [1.165, 1.54) is 12.1 Å². The zero-order chi connectivity index (χ0) is 19.6. The molecule has 1 saturated heterocycles. The van der Waals surface area contributed by atoms with E-state index >= 15 is 0 Å². The Kier molecular flexibility index (Phi) is 5.14. The van der Waals surface area contributed by atoms with Gasteiger partial charge in [0, 0.05) is 11.6 Å². The Labute approximate surface area is 160 Å². The SMILES string of the molecule is C[C@@]1(c2ccc(Cl)cc2)NC(=O)N(CC(=O)NCc2ccc(F)cc2)C1=O. The molecule has 8 heteroatoms. The summed E-state index contributed by atoms with van der Waals surface area (Å²) in [5.74, 6) is -1.39. The molecule has 1 atom stereocenters. The van der Waals surface area contributed by atoms with Crippen molar-refractivity contribution in [2.45, 2.75) is 19.0 Å². The quantitative estimate of drug-likeness (QED) is 0.771. The summed E-state index contributed by atoms with van der Waals surface area (Å²) in [5, 5.41) is 5.74. The van der Waals surface area contributed by atoms with Crippen LogP contribution in [0.25, 0.3) is 0 Å². The fourth-order valence-corrected chi connectivity index (χ4v) is 2.95. The summed E-state index contributed by atoms with van der Waals surface area (Å²) >= 11 is 5.86. The Hall–Kier alpha value is -2.93. The van der Waals surface area contributed by atoms with Gasteiger partial charge in [0.2, 0.25) is 5.91 Å².